The van der Waals surface area contributed by atoms with E-state index in [0.717, 1.165) is 5.69 Å². The summed E-state index contributed by atoms with van der Waals surface area (Å²) < 4.78 is 0. The summed E-state index contributed by atoms with van der Waals surface area (Å²) in [4.78, 5) is 16.4. The monoisotopic (exact) mass is 172 g/mol. The van der Waals surface area contributed by atoms with Crippen LogP contribution in [-0.2, 0) is 0 Å². The molecule has 0 bridgehead atoms. The normalized spacial score (nSPS) is 9.92. The number of aromatic nitrogens is 4. The summed E-state index contributed by atoms with van der Waals surface area (Å²) >= 11 is 0. The molecule has 13 heavy (non-hydrogen) atoms. The maximum absolute atomic E-state index is 4.26. The van der Waals surface area contributed by atoms with Crippen molar-refractivity contribution in [1.29, 1.82) is 0 Å². The highest BCUT2D eigenvalue weighted by molar-refractivity contribution is 5.46. The van der Waals surface area contributed by atoms with Gasteiger partial charge in [-0.3, -0.25) is 4.98 Å². The Morgan fingerprint density at radius 1 is 1.08 bits per heavy atom. The Hall–Kier alpha value is -1.84. The summed E-state index contributed by atoms with van der Waals surface area (Å²) in [6, 6.07) is 1.77. The molecule has 64 valence electrons. The molecule has 0 aliphatic heterocycles. The van der Waals surface area contributed by atoms with Crippen LogP contribution < -0.4 is 0 Å². The Bertz CT molecular complexity index is 399. The van der Waals surface area contributed by atoms with Crippen LogP contribution in [-0.4, -0.2) is 19.9 Å². The van der Waals surface area contributed by atoms with E-state index in [1.807, 2.05) is 6.92 Å². The molecule has 2 rings (SSSR count). The van der Waals surface area contributed by atoms with Crippen molar-refractivity contribution in [2.45, 2.75) is 6.92 Å². The molecule has 0 saturated heterocycles. The van der Waals surface area contributed by atoms with Gasteiger partial charge in [-0.15, -0.1) is 0 Å². The van der Waals surface area contributed by atoms with Crippen molar-refractivity contribution in [2.24, 2.45) is 0 Å². The lowest BCUT2D eigenvalue weighted by atomic mass is 10.4. The van der Waals surface area contributed by atoms with Crippen LogP contribution in [0, 0.1) is 6.92 Å². The molecule has 0 unspecified atom stereocenters. The van der Waals surface area contributed by atoms with E-state index in [1.165, 1.54) is 0 Å². The molecule has 2 aromatic heterocycles. The highest BCUT2D eigenvalue weighted by Crippen LogP contribution is 2.08. The van der Waals surface area contributed by atoms with E-state index in [4.69, 9.17) is 0 Å². The van der Waals surface area contributed by atoms with Gasteiger partial charge in [0.15, 0.2) is 5.82 Å². The molecule has 0 aliphatic carbocycles. The highest BCUT2D eigenvalue weighted by Gasteiger charge is 2.00. The van der Waals surface area contributed by atoms with Crippen LogP contribution >= 0.6 is 0 Å². The lowest BCUT2D eigenvalue weighted by Crippen LogP contribution is -1.92. The van der Waals surface area contributed by atoms with Gasteiger partial charge in [0.05, 0.1) is 11.9 Å². The molecule has 4 heteroatoms. The maximum atomic E-state index is 4.26. The van der Waals surface area contributed by atoms with Crippen LogP contribution in [0.4, 0.5) is 0 Å². The number of hydrogen-bond donors (Lipinski definition) is 0. The van der Waals surface area contributed by atoms with Crippen LogP contribution in [0.1, 0.15) is 5.69 Å². The van der Waals surface area contributed by atoms with E-state index < -0.39 is 0 Å². The van der Waals surface area contributed by atoms with Gasteiger partial charge in [0.2, 0.25) is 0 Å². The van der Waals surface area contributed by atoms with E-state index in [2.05, 4.69) is 19.9 Å². The first-order valence-corrected chi connectivity index (χ1v) is 3.92. The van der Waals surface area contributed by atoms with E-state index >= 15 is 0 Å². The van der Waals surface area contributed by atoms with Crippen LogP contribution in [0.5, 0.6) is 0 Å². The van der Waals surface area contributed by atoms with Gasteiger partial charge in [0, 0.05) is 18.6 Å². The number of hydrogen-bond acceptors (Lipinski definition) is 4. The Balaban J connectivity index is 2.48. The second kappa shape index (κ2) is 3.26. The number of aryl methyl sites for hydroxylation is 1. The molecule has 4 nitrogen and oxygen atoms in total. The van der Waals surface area contributed by atoms with Gasteiger partial charge in [0.25, 0.3) is 0 Å². The fraction of sp³-hybridized carbons (Fsp3) is 0.111. The van der Waals surface area contributed by atoms with E-state index in [0.29, 0.717) is 11.5 Å². The average Bonchev–Trinajstić information content (AvgIpc) is 2.19. The summed E-state index contributed by atoms with van der Waals surface area (Å²) in [7, 11) is 0. The van der Waals surface area contributed by atoms with Gasteiger partial charge >= 0.3 is 0 Å². The first-order valence-electron chi connectivity index (χ1n) is 3.92. The van der Waals surface area contributed by atoms with Crippen molar-refractivity contribution < 1.29 is 0 Å². The summed E-state index contributed by atoms with van der Waals surface area (Å²) in [6.45, 7) is 1.89. The summed E-state index contributed by atoms with van der Waals surface area (Å²) in [5.74, 6) is 0.610. The highest BCUT2D eigenvalue weighted by atomic mass is 14.9. The zero-order valence-corrected chi connectivity index (χ0v) is 7.18. The first-order chi connectivity index (χ1) is 6.36. The first kappa shape index (κ1) is 7.79. The molecular weight excluding hydrogens is 164 g/mol. The third-order valence-corrected chi connectivity index (χ3v) is 1.55. The fourth-order valence-electron chi connectivity index (χ4n) is 1.00. The van der Waals surface area contributed by atoms with E-state index in [1.54, 1.807) is 30.9 Å². The SMILES string of the molecule is Cc1cncc(-c2ncccn2)n1. The molecule has 0 N–H and O–H groups in total. The molecule has 2 heterocycles. The van der Waals surface area contributed by atoms with Crippen molar-refractivity contribution >= 4 is 0 Å². The third-order valence-electron chi connectivity index (χ3n) is 1.55. The van der Waals surface area contributed by atoms with Gasteiger partial charge < -0.3 is 0 Å². The second-order valence-electron chi connectivity index (χ2n) is 2.62. The third kappa shape index (κ3) is 1.66. The lowest BCUT2D eigenvalue weighted by molar-refractivity contribution is 1.07. The molecule has 0 atom stereocenters. The molecule has 0 radical (unpaired) electrons. The summed E-state index contributed by atoms with van der Waals surface area (Å²) in [6.07, 6.45) is 6.73. The van der Waals surface area contributed by atoms with Crippen molar-refractivity contribution in [3.63, 3.8) is 0 Å². The van der Waals surface area contributed by atoms with Crippen molar-refractivity contribution in [1.82, 2.24) is 19.9 Å². The van der Waals surface area contributed by atoms with Crippen LogP contribution in [0.15, 0.2) is 30.9 Å². The second-order valence-corrected chi connectivity index (χ2v) is 2.62. The van der Waals surface area contributed by atoms with Gasteiger partial charge in [-0.05, 0) is 13.0 Å². The van der Waals surface area contributed by atoms with Crippen LogP contribution in [0.3, 0.4) is 0 Å². The predicted molar refractivity (Wildman–Crippen MR) is 47.8 cm³/mol. The van der Waals surface area contributed by atoms with Gasteiger partial charge in [-0.2, -0.15) is 0 Å². The lowest BCUT2D eigenvalue weighted by Gasteiger charge is -1.97. The van der Waals surface area contributed by atoms with Gasteiger partial charge in [-0.25, -0.2) is 15.0 Å². The minimum Gasteiger partial charge on any atom is -0.260 e. The maximum Gasteiger partial charge on any atom is 0.179 e. The van der Waals surface area contributed by atoms with E-state index in [-0.39, 0.29) is 0 Å². The Labute approximate surface area is 75.7 Å². The van der Waals surface area contributed by atoms with Crippen molar-refractivity contribution in [2.75, 3.05) is 0 Å². The fourth-order valence-corrected chi connectivity index (χ4v) is 1.00. The molecule has 2 aromatic rings. The molecule has 0 spiro atoms. The molecule has 0 fully saturated rings. The smallest absolute Gasteiger partial charge is 0.179 e. The quantitative estimate of drug-likeness (QED) is 0.649. The molecular formula is C9H8N4. The topological polar surface area (TPSA) is 51.6 Å². The van der Waals surface area contributed by atoms with Gasteiger partial charge in [-0.1, -0.05) is 0 Å². The Morgan fingerprint density at radius 3 is 2.54 bits per heavy atom. The Morgan fingerprint density at radius 2 is 1.85 bits per heavy atom. The summed E-state index contributed by atoms with van der Waals surface area (Å²) in [5.41, 5.74) is 1.57. The zero-order chi connectivity index (χ0) is 9.10. The number of nitrogens with zero attached hydrogens (tertiary/aromatic N) is 4. The predicted octanol–water partition coefficient (Wildman–Crippen LogP) is 1.24. The largest absolute Gasteiger partial charge is 0.260 e. The minimum absolute atomic E-state index is 0.610. The molecule has 0 amide bonds. The van der Waals surface area contributed by atoms with Crippen LogP contribution in [0.25, 0.3) is 11.5 Å². The minimum atomic E-state index is 0.610. The number of rotatable bonds is 1. The van der Waals surface area contributed by atoms with Gasteiger partial charge in [0.1, 0.15) is 5.69 Å². The van der Waals surface area contributed by atoms with Crippen LogP contribution in [0.2, 0.25) is 0 Å². The van der Waals surface area contributed by atoms with E-state index in [9.17, 15) is 0 Å². The molecule has 0 saturated carbocycles. The molecule has 0 aliphatic rings. The van der Waals surface area contributed by atoms with Crippen molar-refractivity contribution in [3.05, 3.63) is 36.5 Å². The zero-order valence-electron chi connectivity index (χ0n) is 7.18. The Kier molecular flexibility index (Phi) is 1.96. The summed E-state index contributed by atoms with van der Waals surface area (Å²) in [5, 5.41) is 0. The molecule has 0 aromatic carbocycles. The average molecular weight is 172 g/mol. The van der Waals surface area contributed by atoms with Crippen molar-refractivity contribution in [3.8, 4) is 11.5 Å². The standard InChI is InChI=1S/C9H8N4/c1-7-5-10-6-8(13-7)9-11-3-2-4-12-9/h2-6H,1H3.